The largest absolute Gasteiger partial charge is 0.395 e. The maximum absolute atomic E-state index is 9.17. The van der Waals surface area contributed by atoms with E-state index in [0.717, 1.165) is 18.5 Å². The van der Waals surface area contributed by atoms with E-state index < -0.39 is 0 Å². The fraction of sp³-hybridized carbons (Fsp3) is 0.500. The summed E-state index contributed by atoms with van der Waals surface area (Å²) in [5.74, 6) is 0.183. The maximum Gasteiger partial charge on any atom is 0.0924 e. The molecule has 4 N–H and O–H groups in total. The SMILES string of the molecule is CCCN(CCO)C(CC(=N)N)c1ccccc1. The molecule has 0 saturated heterocycles. The number of nitrogens with one attached hydrogen (secondary N) is 1. The molecule has 1 atom stereocenters. The molecular formula is C14H23N3O. The van der Waals surface area contributed by atoms with E-state index in [1.54, 1.807) is 0 Å². The zero-order chi connectivity index (χ0) is 13.4. The molecule has 4 nitrogen and oxygen atoms in total. The molecule has 4 heteroatoms. The predicted molar refractivity (Wildman–Crippen MR) is 74.7 cm³/mol. The first-order chi connectivity index (χ1) is 8.69. The average molecular weight is 249 g/mol. The Kier molecular flexibility index (Phi) is 6.39. The number of nitrogens with zero attached hydrogens (tertiary/aromatic N) is 1. The van der Waals surface area contributed by atoms with Crippen LogP contribution in [0.5, 0.6) is 0 Å². The number of amidine groups is 1. The van der Waals surface area contributed by atoms with Crippen molar-refractivity contribution in [3.05, 3.63) is 35.9 Å². The zero-order valence-electron chi connectivity index (χ0n) is 11.0. The van der Waals surface area contributed by atoms with Crippen molar-refractivity contribution in [3.8, 4) is 0 Å². The minimum absolute atomic E-state index is 0.0794. The molecule has 1 aromatic rings. The van der Waals surface area contributed by atoms with Crippen LogP contribution in [0.4, 0.5) is 0 Å². The van der Waals surface area contributed by atoms with Gasteiger partial charge >= 0.3 is 0 Å². The molecule has 0 radical (unpaired) electrons. The fourth-order valence-electron chi connectivity index (χ4n) is 2.18. The molecule has 100 valence electrons. The quantitative estimate of drug-likeness (QED) is 0.485. The topological polar surface area (TPSA) is 73.3 Å². The lowest BCUT2D eigenvalue weighted by molar-refractivity contribution is 0.152. The fourth-order valence-corrected chi connectivity index (χ4v) is 2.18. The molecule has 0 amide bonds. The summed E-state index contributed by atoms with van der Waals surface area (Å²) >= 11 is 0. The highest BCUT2D eigenvalue weighted by molar-refractivity contribution is 5.77. The number of hydrogen-bond donors (Lipinski definition) is 3. The highest BCUT2D eigenvalue weighted by Crippen LogP contribution is 2.24. The molecule has 1 aromatic carbocycles. The monoisotopic (exact) mass is 249 g/mol. The van der Waals surface area contributed by atoms with E-state index in [0.29, 0.717) is 13.0 Å². The number of nitrogens with two attached hydrogens (primary N) is 1. The molecule has 0 spiro atoms. The van der Waals surface area contributed by atoms with E-state index in [1.165, 1.54) is 0 Å². The van der Waals surface area contributed by atoms with Crippen molar-refractivity contribution in [1.82, 2.24) is 4.90 Å². The lowest BCUT2D eigenvalue weighted by Gasteiger charge is -2.31. The Bertz CT molecular complexity index is 347. The van der Waals surface area contributed by atoms with Crippen molar-refractivity contribution >= 4 is 5.84 Å². The van der Waals surface area contributed by atoms with Crippen LogP contribution in [0.25, 0.3) is 0 Å². The molecule has 0 fully saturated rings. The van der Waals surface area contributed by atoms with Crippen molar-refractivity contribution in [3.63, 3.8) is 0 Å². The normalized spacial score (nSPS) is 12.6. The molecule has 0 bridgehead atoms. The van der Waals surface area contributed by atoms with E-state index in [1.807, 2.05) is 30.3 Å². The summed E-state index contributed by atoms with van der Waals surface area (Å²) in [6.07, 6.45) is 1.52. The molecule has 1 rings (SSSR count). The van der Waals surface area contributed by atoms with Gasteiger partial charge < -0.3 is 10.8 Å². The van der Waals surface area contributed by atoms with E-state index in [-0.39, 0.29) is 18.5 Å². The Labute approximate surface area is 109 Å². The van der Waals surface area contributed by atoms with Crippen molar-refractivity contribution in [2.75, 3.05) is 19.7 Å². The smallest absolute Gasteiger partial charge is 0.0924 e. The Morgan fingerprint density at radius 3 is 2.50 bits per heavy atom. The third-order valence-corrected chi connectivity index (χ3v) is 2.94. The van der Waals surface area contributed by atoms with Gasteiger partial charge in [-0.15, -0.1) is 0 Å². The van der Waals surface area contributed by atoms with Gasteiger partial charge in [-0.05, 0) is 18.5 Å². The van der Waals surface area contributed by atoms with Crippen LogP contribution < -0.4 is 5.73 Å². The summed E-state index contributed by atoms with van der Waals surface area (Å²) in [5.41, 5.74) is 6.70. The van der Waals surface area contributed by atoms with Gasteiger partial charge in [0.05, 0.1) is 12.4 Å². The summed E-state index contributed by atoms with van der Waals surface area (Å²) in [5, 5.41) is 16.7. The summed E-state index contributed by atoms with van der Waals surface area (Å²) in [4.78, 5) is 2.19. The molecule has 0 heterocycles. The van der Waals surface area contributed by atoms with Crippen molar-refractivity contribution < 1.29 is 5.11 Å². The van der Waals surface area contributed by atoms with Crippen molar-refractivity contribution in [2.45, 2.75) is 25.8 Å². The van der Waals surface area contributed by atoms with Gasteiger partial charge in [0, 0.05) is 19.0 Å². The van der Waals surface area contributed by atoms with Gasteiger partial charge in [-0.2, -0.15) is 0 Å². The van der Waals surface area contributed by atoms with E-state index in [4.69, 9.17) is 16.2 Å². The highest BCUT2D eigenvalue weighted by Gasteiger charge is 2.20. The van der Waals surface area contributed by atoms with Gasteiger partial charge in [0.2, 0.25) is 0 Å². The van der Waals surface area contributed by atoms with Crippen LogP contribution in [-0.2, 0) is 0 Å². The van der Waals surface area contributed by atoms with Crippen LogP contribution in [0.15, 0.2) is 30.3 Å². The van der Waals surface area contributed by atoms with Gasteiger partial charge in [-0.25, -0.2) is 0 Å². The van der Waals surface area contributed by atoms with Gasteiger partial charge in [0.25, 0.3) is 0 Å². The summed E-state index contributed by atoms with van der Waals surface area (Å²) in [7, 11) is 0. The third kappa shape index (κ3) is 4.47. The summed E-state index contributed by atoms with van der Waals surface area (Å²) < 4.78 is 0. The van der Waals surface area contributed by atoms with Crippen LogP contribution >= 0.6 is 0 Å². The first kappa shape index (κ1) is 14.7. The zero-order valence-corrected chi connectivity index (χ0v) is 11.0. The molecular weight excluding hydrogens is 226 g/mol. The maximum atomic E-state index is 9.17. The predicted octanol–water partition coefficient (Wildman–Crippen LogP) is 1.76. The van der Waals surface area contributed by atoms with Crippen LogP contribution in [0, 0.1) is 5.41 Å². The number of aliphatic hydroxyl groups excluding tert-OH is 1. The standard InChI is InChI=1S/C14H23N3O/c1-2-8-17(9-10-18)13(11-14(15)16)12-6-4-3-5-7-12/h3-7,13,18H,2,8-11H2,1H3,(H3,15,16). The van der Waals surface area contributed by atoms with Crippen molar-refractivity contribution in [1.29, 1.82) is 5.41 Å². The first-order valence-electron chi connectivity index (χ1n) is 6.41. The van der Waals surface area contributed by atoms with Crippen LogP contribution in [0.2, 0.25) is 0 Å². The molecule has 18 heavy (non-hydrogen) atoms. The van der Waals surface area contributed by atoms with Gasteiger partial charge in [-0.3, -0.25) is 10.3 Å². The molecule has 0 aliphatic carbocycles. The lowest BCUT2D eigenvalue weighted by atomic mass is 10.0. The van der Waals surface area contributed by atoms with Crippen LogP contribution in [0.1, 0.15) is 31.4 Å². The summed E-state index contributed by atoms with van der Waals surface area (Å²) in [6.45, 7) is 3.75. The Morgan fingerprint density at radius 1 is 1.33 bits per heavy atom. The minimum Gasteiger partial charge on any atom is -0.395 e. The lowest BCUT2D eigenvalue weighted by Crippen LogP contribution is -2.34. The van der Waals surface area contributed by atoms with E-state index in [9.17, 15) is 0 Å². The van der Waals surface area contributed by atoms with Gasteiger partial charge in [0.15, 0.2) is 0 Å². The third-order valence-electron chi connectivity index (χ3n) is 2.94. The second-order valence-corrected chi connectivity index (χ2v) is 4.42. The van der Waals surface area contributed by atoms with Gasteiger partial charge in [0.1, 0.15) is 0 Å². The number of aliphatic hydroxyl groups is 1. The molecule has 0 aromatic heterocycles. The molecule has 0 saturated carbocycles. The average Bonchev–Trinajstić information content (AvgIpc) is 2.37. The number of benzene rings is 1. The Morgan fingerprint density at radius 2 is 2.00 bits per heavy atom. The molecule has 0 aliphatic rings. The van der Waals surface area contributed by atoms with Crippen LogP contribution in [0.3, 0.4) is 0 Å². The van der Waals surface area contributed by atoms with Crippen molar-refractivity contribution in [2.24, 2.45) is 5.73 Å². The molecule has 0 aliphatic heterocycles. The number of hydrogen-bond acceptors (Lipinski definition) is 3. The van der Waals surface area contributed by atoms with Gasteiger partial charge in [-0.1, -0.05) is 37.3 Å². The van der Waals surface area contributed by atoms with E-state index in [2.05, 4.69) is 11.8 Å². The molecule has 1 unspecified atom stereocenters. The Balaban J connectivity index is 2.91. The first-order valence-corrected chi connectivity index (χ1v) is 6.41. The summed E-state index contributed by atoms with van der Waals surface area (Å²) in [6, 6.07) is 10.1. The Hall–Kier alpha value is -1.39. The number of rotatable bonds is 8. The van der Waals surface area contributed by atoms with Crippen LogP contribution in [-0.4, -0.2) is 35.5 Å². The minimum atomic E-state index is 0.0794. The highest BCUT2D eigenvalue weighted by atomic mass is 16.3. The van der Waals surface area contributed by atoms with E-state index >= 15 is 0 Å². The second-order valence-electron chi connectivity index (χ2n) is 4.42. The second kappa shape index (κ2) is 7.84.